The maximum atomic E-state index is 6.93. The van der Waals surface area contributed by atoms with Gasteiger partial charge in [0.05, 0.1) is 0 Å². The lowest BCUT2D eigenvalue weighted by atomic mass is 9.73. The Balaban J connectivity index is 1.17. The molecule has 1 aliphatic rings. The van der Waals surface area contributed by atoms with E-state index in [-0.39, 0.29) is 0 Å². The number of hydrogen-bond donors (Lipinski definition) is 0. The molecule has 0 amide bonds. The smallest absolute Gasteiger partial charge is 0.140 e. The number of fused-ring (bicyclic) bond motifs is 12. The van der Waals surface area contributed by atoms with E-state index in [1.807, 2.05) is 0 Å². The molecule has 0 N–H and O–H groups in total. The Morgan fingerprint density at radius 2 is 0.828 bits per heavy atom. The molecule has 58 heavy (non-hydrogen) atoms. The molecule has 2 heteroatoms. The van der Waals surface area contributed by atoms with Crippen molar-refractivity contribution in [1.82, 2.24) is 0 Å². The van der Waals surface area contributed by atoms with Crippen LogP contribution in [-0.4, -0.2) is 0 Å². The van der Waals surface area contributed by atoms with Crippen molar-refractivity contribution in [3.05, 3.63) is 223 Å². The highest BCUT2D eigenvalue weighted by atomic mass is 16.3. The van der Waals surface area contributed by atoms with E-state index in [9.17, 15) is 0 Å². The normalized spacial score (nSPS) is 13.1. The Hall–Kier alpha value is -7.42. The standard InChI is InChI=1S/C56H37NO/c1-56(51-24-12-9-21-46(51)47-22-10-13-25-52(47)56)53-35-40(34-50-48-23-11-14-26-54(48)58-55(50)53)57(38-29-27-37(28-30-38)36-15-3-2-4-16-36)39-31-32-45-43-19-6-5-17-41(43)42-18-7-8-20-44(42)49(45)33-39/h2-35H,1H3. The summed E-state index contributed by atoms with van der Waals surface area (Å²) in [5.41, 5.74) is 13.3. The molecule has 0 bridgehead atoms. The Labute approximate surface area is 336 Å². The summed E-state index contributed by atoms with van der Waals surface area (Å²) in [6, 6.07) is 75.3. The Bertz CT molecular complexity index is 3330. The van der Waals surface area contributed by atoms with Crippen LogP contribution in [-0.2, 0) is 5.41 Å². The average molecular weight is 740 g/mol. The molecule has 0 atom stereocenters. The summed E-state index contributed by atoms with van der Waals surface area (Å²) in [7, 11) is 0. The van der Waals surface area contributed by atoms with Gasteiger partial charge in [0.1, 0.15) is 11.2 Å². The number of anilines is 3. The summed E-state index contributed by atoms with van der Waals surface area (Å²) in [5.74, 6) is 0. The Morgan fingerprint density at radius 1 is 0.345 bits per heavy atom. The van der Waals surface area contributed by atoms with Gasteiger partial charge in [0.25, 0.3) is 0 Å². The lowest BCUT2D eigenvalue weighted by molar-refractivity contribution is 0.638. The molecule has 0 spiro atoms. The van der Waals surface area contributed by atoms with E-state index < -0.39 is 5.41 Å². The lowest BCUT2D eigenvalue weighted by Crippen LogP contribution is -2.23. The second-order valence-corrected chi connectivity index (χ2v) is 15.8. The molecule has 0 radical (unpaired) electrons. The third-order valence-electron chi connectivity index (χ3n) is 12.7. The van der Waals surface area contributed by atoms with Crippen LogP contribution < -0.4 is 4.90 Å². The van der Waals surface area contributed by atoms with E-state index in [4.69, 9.17) is 4.42 Å². The maximum absolute atomic E-state index is 6.93. The Morgan fingerprint density at radius 3 is 1.48 bits per heavy atom. The SMILES string of the molecule is CC1(c2cc(N(c3ccc(-c4ccccc4)cc3)c3ccc4c5ccccc5c5ccccc5c4c3)cc3c2oc2ccccc23)c2ccccc2-c2ccccc21. The van der Waals surface area contributed by atoms with Gasteiger partial charge in [-0.05, 0) is 115 Å². The van der Waals surface area contributed by atoms with Crippen LogP contribution in [0.1, 0.15) is 23.6 Å². The monoisotopic (exact) mass is 739 g/mol. The van der Waals surface area contributed by atoms with Crippen LogP contribution >= 0.6 is 0 Å². The maximum Gasteiger partial charge on any atom is 0.140 e. The van der Waals surface area contributed by atoms with E-state index in [2.05, 4.69) is 218 Å². The molecule has 11 aromatic rings. The van der Waals surface area contributed by atoms with Gasteiger partial charge in [0, 0.05) is 38.8 Å². The van der Waals surface area contributed by atoms with Gasteiger partial charge in [-0.15, -0.1) is 0 Å². The van der Waals surface area contributed by atoms with Crippen molar-refractivity contribution >= 4 is 71.3 Å². The van der Waals surface area contributed by atoms with Crippen LogP contribution in [0.2, 0.25) is 0 Å². The first-order valence-electron chi connectivity index (χ1n) is 20.1. The zero-order valence-corrected chi connectivity index (χ0v) is 32.0. The zero-order valence-electron chi connectivity index (χ0n) is 32.0. The van der Waals surface area contributed by atoms with Crippen molar-refractivity contribution in [2.45, 2.75) is 12.3 Å². The minimum absolute atomic E-state index is 0.476. The van der Waals surface area contributed by atoms with Crippen molar-refractivity contribution in [2.75, 3.05) is 4.90 Å². The molecule has 272 valence electrons. The molecule has 1 heterocycles. The summed E-state index contributed by atoms with van der Waals surface area (Å²) in [5, 5.41) is 9.76. The first kappa shape index (κ1) is 32.8. The first-order chi connectivity index (χ1) is 28.6. The topological polar surface area (TPSA) is 16.4 Å². The predicted molar refractivity (Wildman–Crippen MR) is 244 cm³/mol. The van der Waals surface area contributed by atoms with Crippen LogP contribution in [0.5, 0.6) is 0 Å². The highest BCUT2D eigenvalue weighted by Gasteiger charge is 2.43. The molecular weight excluding hydrogens is 703 g/mol. The molecule has 12 rings (SSSR count). The quantitative estimate of drug-likeness (QED) is 0.163. The van der Waals surface area contributed by atoms with Crippen molar-refractivity contribution in [2.24, 2.45) is 0 Å². The van der Waals surface area contributed by atoms with Crippen molar-refractivity contribution in [1.29, 1.82) is 0 Å². The minimum atomic E-state index is -0.476. The van der Waals surface area contributed by atoms with Gasteiger partial charge in [-0.25, -0.2) is 0 Å². The number of hydrogen-bond acceptors (Lipinski definition) is 2. The van der Waals surface area contributed by atoms with Crippen LogP contribution in [0.15, 0.2) is 211 Å². The second-order valence-electron chi connectivity index (χ2n) is 15.8. The number of para-hydroxylation sites is 1. The summed E-state index contributed by atoms with van der Waals surface area (Å²) in [6.07, 6.45) is 0. The molecule has 1 aromatic heterocycles. The fourth-order valence-corrected chi connectivity index (χ4v) is 9.97. The van der Waals surface area contributed by atoms with Crippen molar-refractivity contribution in [3.63, 3.8) is 0 Å². The van der Waals surface area contributed by atoms with E-state index in [1.165, 1.54) is 65.7 Å². The summed E-state index contributed by atoms with van der Waals surface area (Å²) >= 11 is 0. The molecule has 2 nitrogen and oxygen atoms in total. The fraction of sp³-hybridized carbons (Fsp3) is 0.0357. The minimum Gasteiger partial charge on any atom is -0.456 e. The van der Waals surface area contributed by atoms with E-state index >= 15 is 0 Å². The second kappa shape index (κ2) is 12.5. The van der Waals surface area contributed by atoms with E-state index in [1.54, 1.807) is 0 Å². The van der Waals surface area contributed by atoms with Crippen LogP contribution in [0.4, 0.5) is 17.1 Å². The average Bonchev–Trinajstić information content (AvgIpc) is 3.80. The van der Waals surface area contributed by atoms with Gasteiger partial charge >= 0.3 is 0 Å². The summed E-state index contributed by atoms with van der Waals surface area (Å²) in [6.45, 7) is 2.38. The first-order valence-corrected chi connectivity index (χ1v) is 20.1. The number of furan rings is 1. The molecular formula is C56H37NO. The van der Waals surface area contributed by atoms with Crippen LogP contribution in [0, 0.1) is 0 Å². The summed E-state index contributed by atoms with van der Waals surface area (Å²) in [4.78, 5) is 2.44. The highest BCUT2D eigenvalue weighted by Crippen LogP contribution is 2.55. The molecule has 0 saturated heterocycles. The lowest BCUT2D eigenvalue weighted by Gasteiger charge is -2.31. The van der Waals surface area contributed by atoms with Crippen molar-refractivity contribution in [3.8, 4) is 22.3 Å². The van der Waals surface area contributed by atoms with E-state index in [0.29, 0.717) is 0 Å². The molecule has 0 unspecified atom stereocenters. The zero-order chi connectivity index (χ0) is 38.4. The van der Waals surface area contributed by atoms with Gasteiger partial charge in [0.15, 0.2) is 0 Å². The molecule has 0 saturated carbocycles. The highest BCUT2D eigenvalue weighted by molar-refractivity contribution is 6.26. The van der Waals surface area contributed by atoms with Gasteiger partial charge in [-0.2, -0.15) is 0 Å². The number of rotatable bonds is 5. The molecule has 0 fully saturated rings. The van der Waals surface area contributed by atoms with E-state index in [0.717, 1.165) is 44.6 Å². The van der Waals surface area contributed by atoms with Crippen LogP contribution in [0.3, 0.4) is 0 Å². The number of benzene rings is 10. The fourth-order valence-electron chi connectivity index (χ4n) is 9.97. The van der Waals surface area contributed by atoms with Gasteiger partial charge < -0.3 is 9.32 Å². The predicted octanol–water partition coefficient (Wildman–Crippen LogP) is 15.5. The molecule has 10 aromatic carbocycles. The van der Waals surface area contributed by atoms with Gasteiger partial charge in [-0.1, -0.05) is 164 Å². The number of nitrogens with zero attached hydrogens (tertiary/aromatic N) is 1. The largest absolute Gasteiger partial charge is 0.456 e. The third-order valence-corrected chi connectivity index (χ3v) is 12.7. The molecule has 1 aliphatic carbocycles. The van der Waals surface area contributed by atoms with Gasteiger partial charge in [0.2, 0.25) is 0 Å². The Kier molecular flexibility index (Phi) is 7.09. The van der Waals surface area contributed by atoms with Gasteiger partial charge in [-0.3, -0.25) is 0 Å². The third kappa shape index (κ3) is 4.72. The molecule has 0 aliphatic heterocycles. The van der Waals surface area contributed by atoms with Crippen molar-refractivity contribution < 1.29 is 4.42 Å². The summed E-state index contributed by atoms with van der Waals surface area (Å²) < 4.78 is 6.93. The van der Waals surface area contributed by atoms with Crippen LogP contribution in [0.25, 0.3) is 76.5 Å².